The molecule has 21 heavy (non-hydrogen) atoms. The molecule has 1 atom stereocenters. The molecule has 1 aliphatic rings. The molecule has 2 rings (SSSR count). The third kappa shape index (κ3) is 5.56. The van der Waals surface area contributed by atoms with E-state index in [1.54, 1.807) is 24.3 Å². The number of likely N-dealkylation sites (tertiary alicyclic amines) is 1. The molecule has 1 aromatic rings. The fraction of sp³-hybridized carbons (Fsp3) is 0.562. The first kappa shape index (κ1) is 17.8. The van der Waals surface area contributed by atoms with Gasteiger partial charge < -0.3 is 10.5 Å². The van der Waals surface area contributed by atoms with Crippen molar-refractivity contribution in [3.8, 4) is 0 Å². The van der Waals surface area contributed by atoms with Crippen molar-refractivity contribution in [1.29, 1.82) is 0 Å². The van der Waals surface area contributed by atoms with E-state index in [0.29, 0.717) is 23.9 Å². The Bertz CT molecular complexity index is 436. The summed E-state index contributed by atoms with van der Waals surface area (Å²) in [6, 6.07) is 7.42. The first-order valence-electron chi connectivity index (χ1n) is 7.43. The molecule has 1 unspecified atom stereocenters. The van der Waals surface area contributed by atoms with Gasteiger partial charge in [-0.15, -0.1) is 12.4 Å². The van der Waals surface area contributed by atoms with Crippen molar-refractivity contribution < 1.29 is 9.53 Å². The zero-order chi connectivity index (χ0) is 14.4. The molecule has 1 aromatic carbocycles. The Morgan fingerprint density at radius 2 is 2.00 bits per heavy atom. The molecular weight excluding hydrogens is 288 g/mol. The summed E-state index contributed by atoms with van der Waals surface area (Å²) in [6.07, 6.45) is 5.11. The smallest absolute Gasteiger partial charge is 0.338 e. The van der Waals surface area contributed by atoms with Crippen LogP contribution in [0.15, 0.2) is 24.3 Å². The highest BCUT2D eigenvalue weighted by Crippen LogP contribution is 2.16. The second-order valence-electron chi connectivity index (χ2n) is 5.49. The summed E-state index contributed by atoms with van der Waals surface area (Å²) in [6.45, 7) is 4.64. The molecule has 0 radical (unpaired) electrons. The van der Waals surface area contributed by atoms with Crippen molar-refractivity contribution in [2.24, 2.45) is 0 Å². The number of hydrogen-bond acceptors (Lipinski definition) is 4. The van der Waals surface area contributed by atoms with Crippen LogP contribution in [-0.2, 0) is 4.74 Å². The lowest BCUT2D eigenvalue weighted by atomic mass is 10.1. The van der Waals surface area contributed by atoms with E-state index in [-0.39, 0.29) is 18.4 Å². The number of carbonyl (C=O) groups is 1. The van der Waals surface area contributed by atoms with E-state index in [0.717, 1.165) is 13.1 Å². The monoisotopic (exact) mass is 312 g/mol. The van der Waals surface area contributed by atoms with Crippen molar-refractivity contribution in [3.05, 3.63) is 29.8 Å². The van der Waals surface area contributed by atoms with E-state index in [1.165, 1.54) is 25.7 Å². The molecule has 0 bridgehead atoms. The highest BCUT2D eigenvalue weighted by Gasteiger charge is 2.17. The summed E-state index contributed by atoms with van der Waals surface area (Å²) in [4.78, 5) is 14.3. The summed E-state index contributed by atoms with van der Waals surface area (Å²) in [5, 5.41) is 0. The van der Waals surface area contributed by atoms with Crippen LogP contribution in [-0.4, -0.2) is 36.6 Å². The number of anilines is 1. The molecule has 1 heterocycles. The largest absolute Gasteiger partial charge is 0.461 e. The molecule has 1 fully saturated rings. The van der Waals surface area contributed by atoms with E-state index in [1.807, 2.05) is 0 Å². The molecule has 4 nitrogen and oxygen atoms in total. The molecule has 1 saturated heterocycles. The zero-order valence-electron chi connectivity index (χ0n) is 12.6. The molecule has 2 N–H and O–H groups in total. The lowest BCUT2D eigenvalue weighted by molar-refractivity contribution is 0.0441. The minimum Gasteiger partial charge on any atom is -0.461 e. The minimum atomic E-state index is -0.271. The number of nitrogen functional groups attached to an aromatic ring is 1. The van der Waals surface area contributed by atoms with Crippen molar-refractivity contribution in [2.45, 2.75) is 38.6 Å². The number of hydrogen-bond donors (Lipinski definition) is 1. The normalized spacial score (nSPS) is 19.4. The third-order valence-electron chi connectivity index (χ3n) is 3.95. The van der Waals surface area contributed by atoms with Gasteiger partial charge in [0, 0.05) is 18.3 Å². The number of esters is 1. The third-order valence-corrected chi connectivity index (χ3v) is 3.95. The fourth-order valence-electron chi connectivity index (χ4n) is 2.62. The zero-order valence-corrected chi connectivity index (χ0v) is 13.4. The quantitative estimate of drug-likeness (QED) is 0.685. The predicted octanol–water partition coefficient (Wildman–Crippen LogP) is 3.11. The molecule has 1 aliphatic heterocycles. The highest BCUT2D eigenvalue weighted by molar-refractivity contribution is 5.89. The van der Waals surface area contributed by atoms with Crippen LogP contribution in [0.25, 0.3) is 0 Å². The van der Waals surface area contributed by atoms with Gasteiger partial charge >= 0.3 is 5.97 Å². The summed E-state index contributed by atoms with van der Waals surface area (Å²) >= 11 is 0. The molecule has 0 saturated carbocycles. The Balaban J connectivity index is 0.00000220. The van der Waals surface area contributed by atoms with Crippen LogP contribution >= 0.6 is 12.4 Å². The van der Waals surface area contributed by atoms with Crippen LogP contribution in [0.4, 0.5) is 5.69 Å². The summed E-state index contributed by atoms with van der Waals surface area (Å²) in [5.41, 5.74) is 6.81. The topological polar surface area (TPSA) is 55.6 Å². The van der Waals surface area contributed by atoms with Gasteiger partial charge in [0.15, 0.2) is 0 Å². The van der Waals surface area contributed by atoms with Gasteiger partial charge in [-0.25, -0.2) is 4.79 Å². The minimum absolute atomic E-state index is 0. The summed E-state index contributed by atoms with van der Waals surface area (Å²) < 4.78 is 5.34. The lowest BCUT2D eigenvalue weighted by Gasteiger charge is -2.26. The maximum Gasteiger partial charge on any atom is 0.338 e. The van der Waals surface area contributed by atoms with Crippen LogP contribution in [0, 0.1) is 0 Å². The molecule has 5 heteroatoms. The number of nitrogens with zero attached hydrogens (tertiary/aromatic N) is 1. The van der Waals surface area contributed by atoms with E-state index >= 15 is 0 Å². The average Bonchev–Trinajstić information content (AvgIpc) is 2.65. The fourth-order valence-corrected chi connectivity index (χ4v) is 2.62. The number of rotatable bonds is 4. The SMILES string of the molecule is CC1CCCCCN1CCOC(=O)c1ccc(N)cc1.Cl. The Hall–Kier alpha value is -1.26. The van der Waals surface area contributed by atoms with E-state index in [4.69, 9.17) is 10.5 Å². The first-order valence-corrected chi connectivity index (χ1v) is 7.43. The standard InChI is InChI=1S/C16H24N2O2.ClH/c1-13-5-3-2-4-10-18(13)11-12-20-16(19)14-6-8-15(17)9-7-14;/h6-9,13H,2-5,10-12,17H2,1H3;1H. The second kappa shape index (κ2) is 8.90. The molecule has 0 spiro atoms. The predicted molar refractivity (Wildman–Crippen MR) is 87.9 cm³/mol. The molecule has 0 aromatic heterocycles. The number of ether oxygens (including phenoxy) is 1. The van der Waals surface area contributed by atoms with Gasteiger partial charge in [0.2, 0.25) is 0 Å². The van der Waals surface area contributed by atoms with E-state index in [9.17, 15) is 4.79 Å². The van der Waals surface area contributed by atoms with Crippen LogP contribution in [0.3, 0.4) is 0 Å². The highest BCUT2D eigenvalue weighted by atomic mass is 35.5. The van der Waals surface area contributed by atoms with Gasteiger partial charge in [0.25, 0.3) is 0 Å². The summed E-state index contributed by atoms with van der Waals surface area (Å²) in [5.74, 6) is -0.271. The Morgan fingerprint density at radius 3 is 2.71 bits per heavy atom. The van der Waals surface area contributed by atoms with Gasteiger partial charge in [-0.3, -0.25) is 4.90 Å². The maximum atomic E-state index is 11.9. The van der Waals surface area contributed by atoms with Gasteiger partial charge in [-0.05, 0) is 50.6 Å². The Labute approximate surface area is 133 Å². The Kier molecular flexibility index (Phi) is 7.54. The van der Waals surface area contributed by atoms with Crippen molar-refractivity contribution >= 4 is 24.1 Å². The molecule has 118 valence electrons. The Morgan fingerprint density at radius 1 is 1.29 bits per heavy atom. The van der Waals surface area contributed by atoms with Crippen molar-refractivity contribution in [2.75, 3.05) is 25.4 Å². The van der Waals surface area contributed by atoms with Crippen LogP contribution < -0.4 is 5.73 Å². The number of benzene rings is 1. The van der Waals surface area contributed by atoms with Gasteiger partial charge in [0.05, 0.1) is 5.56 Å². The van der Waals surface area contributed by atoms with Crippen LogP contribution in [0.5, 0.6) is 0 Å². The second-order valence-corrected chi connectivity index (χ2v) is 5.49. The van der Waals surface area contributed by atoms with Crippen molar-refractivity contribution in [1.82, 2.24) is 4.90 Å². The van der Waals surface area contributed by atoms with Crippen LogP contribution in [0.2, 0.25) is 0 Å². The van der Waals surface area contributed by atoms with Gasteiger partial charge in [-0.2, -0.15) is 0 Å². The summed E-state index contributed by atoms with van der Waals surface area (Å²) in [7, 11) is 0. The van der Waals surface area contributed by atoms with Crippen molar-refractivity contribution in [3.63, 3.8) is 0 Å². The maximum absolute atomic E-state index is 11.9. The van der Waals surface area contributed by atoms with E-state index < -0.39 is 0 Å². The van der Waals surface area contributed by atoms with Gasteiger partial charge in [-0.1, -0.05) is 12.8 Å². The molecule has 0 amide bonds. The first-order chi connectivity index (χ1) is 9.66. The van der Waals surface area contributed by atoms with Gasteiger partial charge in [0.1, 0.15) is 6.61 Å². The molecule has 0 aliphatic carbocycles. The van der Waals surface area contributed by atoms with E-state index in [2.05, 4.69) is 11.8 Å². The lowest BCUT2D eigenvalue weighted by Crippen LogP contribution is -2.35. The average molecular weight is 313 g/mol. The number of halogens is 1. The number of carbonyl (C=O) groups excluding carboxylic acids is 1. The number of nitrogens with two attached hydrogens (primary N) is 1. The molecular formula is C16H25ClN2O2. The van der Waals surface area contributed by atoms with Crippen LogP contribution in [0.1, 0.15) is 43.0 Å².